The summed E-state index contributed by atoms with van der Waals surface area (Å²) in [5.74, 6) is -1.93. The molecule has 0 saturated carbocycles. The molecule has 1 N–H and O–H groups in total. The zero-order valence-electron chi connectivity index (χ0n) is 9.93. The molecular formula is C12H11F2NO3S. The summed E-state index contributed by atoms with van der Waals surface area (Å²) in [5, 5.41) is 0. The third-order valence-corrected chi connectivity index (χ3v) is 4.08. The van der Waals surface area contributed by atoms with Crippen LogP contribution in [0.3, 0.4) is 0 Å². The summed E-state index contributed by atoms with van der Waals surface area (Å²) in [6.45, 7) is 1.51. The first kappa shape index (κ1) is 13.7. The fraction of sp³-hybridized carbons (Fsp3) is 0.167. The quantitative estimate of drug-likeness (QED) is 0.940. The Balaban J connectivity index is 2.33. The predicted octanol–water partition coefficient (Wildman–Crippen LogP) is 2.60. The van der Waals surface area contributed by atoms with Gasteiger partial charge in [-0.2, -0.15) is 0 Å². The Morgan fingerprint density at radius 3 is 2.32 bits per heavy atom. The Kier molecular flexibility index (Phi) is 3.68. The highest BCUT2D eigenvalue weighted by Crippen LogP contribution is 2.21. The lowest BCUT2D eigenvalue weighted by atomic mass is 10.3. The van der Waals surface area contributed by atoms with E-state index < -0.39 is 32.6 Å². The molecule has 0 spiro atoms. The SMILES string of the molecule is C[C@@H](NS(=O)(=O)c1c(F)cccc1F)c1ccco1. The smallest absolute Gasteiger partial charge is 0.247 e. The van der Waals surface area contributed by atoms with Crippen molar-refractivity contribution in [3.63, 3.8) is 0 Å². The molecule has 102 valence electrons. The highest BCUT2D eigenvalue weighted by atomic mass is 32.2. The van der Waals surface area contributed by atoms with Gasteiger partial charge in [0.1, 0.15) is 17.4 Å². The molecule has 0 fully saturated rings. The number of hydrogen-bond donors (Lipinski definition) is 1. The van der Waals surface area contributed by atoms with Crippen LogP contribution >= 0.6 is 0 Å². The Morgan fingerprint density at radius 2 is 1.79 bits per heavy atom. The van der Waals surface area contributed by atoms with Gasteiger partial charge in [0.05, 0.1) is 12.3 Å². The van der Waals surface area contributed by atoms with Gasteiger partial charge in [-0.1, -0.05) is 6.07 Å². The van der Waals surface area contributed by atoms with Crippen LogP contribution in [0.5, 0.6) is 0 Å². The predicted molar refractivity (Wildman–Crippen MR) is 63.8 cm³/mol. The lowest BCUT2D eigenvalue weighted by molar-refractivity contribution is 0.455. The van der Waals surface area contributed by atoms with Crippen LogP contribution < -0.4 is 4.72 Å². The van der Waals surface area contributed by atoms with Crippen molar-refractivity contribution < 1.29 is 21.6 Å². The summed E-state index contributed by atoms with van der Waals surface area (Å²) >= 11 is 0. The number of hydrogen-bond acceptors (Lipinski definition) is 3. The number of halogens is 2. The Hall–Kier alpha value is -1.73. The van der Waals surface area contributed by atoms with E-state index in [9.17, 15) is 17.2 Å². The summed E-state index contributed by atoms with van der Waals surface area (Å²) in [7, 11) is -4.31. The average molecular weight is 287 g/mol. The van der Waals surface area contributed by atoms with Crippen LogP contribution in [0.4, 0.5) is 8.78 Å². The fourth-order valence-corrected chi connectivity index (χ4v) is 2.98. The van der Waals surface area contributed by atoms with Crippen molar-refractivity contribution >= 4 is 10.0 Å². The third-order valence-electron chi connectivity index (χ3n) is 2.49. The monoisotopic (exact) mass is 287 g/mol. The molecule has 1 aromatic heterocycles. The topological polar surface area (TPSA) is 59.3 Å². The number of benzene rings is 1. The maximum atomic E-state index is 13.5. The molecular weight excluding hydrogens is 276 g/mol. The van der Waals surface area contributed by atoms with E-state index in [1.807, 2.05) is 0 Å². The maximum Gasteiger partial charge on any atom is 0.247 e. The summed E-state index contributed by atoms with van der Waals surface area (Å²) in [6, 6.07) is 5.28. The molecule has 1 aromatic carbocycles. The van der Waals surface area contributed by atoms with Gasteiger partial charge in [-0.3, -0.25) is 0 Å². The highest BCUT2D eigenvalue weighted by Gasteiger charge is 2.26. The van der Waals surface area contributed by atoms with E-state index in [1.54, 1.807) is 12.1 Å². The van der Waals surface area contributed by atoms with Crippen LogP contribution in [-0.4, -0.2) is 8.42 Å². The van der Waals surface area contributed by atoms with E-state index >= 15 is 0 Å². The first-order valence-corrected chi connectivity index (χ1v) is 6.90. The second-order valence-corrected chi connectivity index (χ2v) is 5.56. The summed E-state index contributed by atoms with van der Waals surface area (Å²) in [5.41, 5.74) is 0. The molecule has 2 aromatic rings. The lowest BCUT2D eigenvalue weighted by Crippen LogP contribution is -2.28. The van der Waals surface area contributed by atoms with Crippen molar-refractivity contribution in [3.05, 3.63) is 54.0 Å². The van der Waals surface area contributed by atoms with Gasteiger partial charge < -0.3 is 4.42 Å². The first-order chi connectivity index (χ1) is 8.92. The molecule has 19 heavy (non-hydrogen) atoms. The molecule has 0 aliphatic heterocycles. The molecule has 0 amide bonds. The number of furan rings is 1. The number of sulfonamides is 1. The molecule has 0 unspecified atom stereocenters. The van der Waals surface area contributed by atoms with Gasteiger partial charge in [-0.25, -0.2) is 21.9 Å². The minimum absolute atomic E-state index is 0.348. The van der Waals surface area contributed by atoms with E-state index in [0.717, 1.165) is 18.2 Å². The summed E-state index contributed by atoms with van der Waals surface area (Å²) in [4.78, 5) is -0.992. The molecule has 0 bridgehead atoms. The normalized spacial score (nSPS) is 13.4. The largest absolute Gasteiger partial charge is 0.468 e. The van der Waals surface area contributed by atoms with Crippen LogP contribution in [0.1, 0.15) is 18.7 Å². The maximum absolute atomic E-state index is 13.5. The van der Waals surface area contributed by atoms with Crippen molar-refractivity contribution in [1.29, 1.82) is 0 Å². The Labute approximate surface area is 109 Å². The fourth-order valence-electron chi connectivity index (χ4n) is 1.63. The van der Waals surface area contributed by atoms with E-state index in [2.05, 4.69) is 4.72 Å². The van der Waals surface area contributed by atoms with Crippen LogP contribution in [0.2, 0.25) is 0 Å². The molecule has 0 radical (unpaired) electrons. The standard InChI is InChI=1S/C12H11F2NO3S/c1-8(11-6-3-7-18-11)15-19(16,17)12-9(13)4-2-5-10(12)14/h2-8,15H,1H3/t8-/m1/s1. The zero-order chi connectivity index (χ0) is 14.0. The van der Waals surface area contributed by atoms with Crippen molar-refractivity contribution in [2.24, 2.45) is 0 Å². The summed E-state index contributed by atoms with van der Waals surface area (Å²) < 4.78 is 58.0. The van der Waals surface area contributed by atoms with Crippen LogP contribution in [0.25, 0.3) is 0 Å². The molecule has 0 aliphatic rings. The van der Waals surface area contributed by atoms with Crippen LogP contribution in [0, 0.1) is 11.6 Å². The number of rotatable bonds is 4. The van der Waals surface area contributed by atoms with Gasteiger partial charge in [0, 0.05) is 0 Å². The Bertz CT molecular complexity index is 648. The highest BCUT2D eigenvalue weighted by molar-refractivity contribution is 7.89. The van der Waals surface area contributed by atoms with E-state index in [-0.39, 0.29) is 0 Å². The molecule has 0 saturated heterocycles. The minimum Gasteiger partial charge on any atom is -0.468 e. The number of nitrogens with one attached hydrogen (secondary N) is 1. The van der Waals surface area contributed by atoms with Gasteiger partial charge in [0.2, 0.25) is 10.0 Å². The van der Waals surface area contributed by atoms with Crippen LogP contribution in [0.15, 0.2) is 45.9 Å². The van der Waals surface area contributed by atoms with Crippen molar-refractivity contribution in [2.75, 3.05) is 0 Å². The zero-order valence-corrected chi connectivity index (χ0v) is 10.7. The van der Waals surface area contributed by atoms with Crippen LogP contribution in [-0.2, 0) is 10.0 Å². The van der Waals surface area contributed by atoms with Crippen molar-refractivity contribution in [3.8, 4) is 0 Å². The molecule has 0 aliphatic carbocycles. The van der Waals surface area contributed by atoms with E-state index in [4.69, 9.17) is 4.42 Å². The molecule has 1 atom stereocenters. The molecule has 1 heterocycles. The third kappa shape index (κ3) is 2.82. The Morgan fingerprint density at radius 1 is 1.16 bits per heavy atom. The van der Waals surface area contributed by atoms with E-state index in [0.29, 0.717) is 5.76 Å². The second kappa shape index (κ2) is 5.10. The van der Waals surface area contributed by atoms with Gasteiger partial charge in [0.25, 0.3) is 0 Å². The van der Waals surface area contributed by atoms with Crippen molar-refractivity contribution in [2.45, 2.75) is 17.9 Å². The molecule has 7 heteroatoms. The van der Waals surface area contributed by atoms with Gasteiger partial charge >= 0.3 is 0 Å². The molecule has 2 rings (SSSR count). The van der Waals surface area contributed by atoms with E-state index in [1.165, 1.54) is 13.2 Å². The lowest BCUT2D eigenvalue weighted by Gasteiger charge is -2.13. The van der Waals surface area contributed by atoms with Gasteiger partial charge in [0.15, 0.2) is 4.90 Å². The summed E-state index contributed by atoms with van der Waals surface area (Å²) in [6.07, 6.45) is 1.38. The first-order valence-electron chi connectivity index (χ1n) is 5.41. The van der Waals surface area contributed by atoms with Crippen molar-refractivity contribution in [1.82, 2.24) is 4.72 Å². The van der Waals surface area contributed by atoms with Gasteiger partial charge in [-0.05, 0) is 31.2 Å². The average Bonchev–Trinajstić information content (AvgIpc) is 2.80. The second-order valence-electron chi connectivity index (χ2n) is 3.91. The molecule has 4 nitrogen and oxygen atoms in total. The minimum atomic E-state index is -4.31. The van der Waals surface area contributed by atoms with Gasteiger partial charge in [-0.15, -0.1) is 0 Å².